The van der Waals surface area contributed by atoms with Gasteiger partial charge in [0, 0.05) is 61.2 Å². The molecule has 1 aromatic heterocycles. The normalized spacial score (nSPS) is 17.1. The summed E-state index contributed by atoms with van der Waals surface area (Å²) in [6, 6.07) is 64.8. The number of fused-ring (bicyclic) bond motifs is 17. The predicted molar refractivity (Wildman–Crippen MR) is 270 cm³/mol. The van der Waals surface area contributed by atoms with E-state index in [-0.39, 0.29) is 16.9 Å². The van der Waals surface area contributed by atoms with Gasteiger partial charge < -0.3 is 14.1 Å². The molecule has 310 valence electrons. The highest BCUT2D eigenvalue weighted by Gasteiger charge is 2.47. The lowest BCUT2D eigenvalue weighted by Gasteiger charge is -2.32. The zero-order valence-corrected chi connectivity index (χ0v) is 36.9. The molecule has 65 heavy (non-hydrogen) atoms. The molecule has 0 saturated heterocycles. The van der Waals surface area contributed by atoms with Crippen molar-refractivity contribution >= 4 is 71.7 Å². The van der Waals surface area contributed by atoms with Crippen LogP contribution in [-0.2, 0) is 10.8 Å². The third-order valence-electron chi connectivity index (χ3n) is 15.3. The Labute approximate surface area is 378 Å². The first-order chi connectivity index (χ1) is 31.8. The number of rotatable bonds is 4. The average Bonchev–Trinajstić information content (AvgIpc) is 4.04. The number of ether oxygens (including phenoxy) is 1. The molecular weight excluding hydrogens is 791 g/mol. The number of nitrogens with zero attached hydrogens (tertiary/aromatic N) is 1. The van der Waals surface area contributed by atoms with Crippen LogP contribution in [0, 0.1) is 0 Å². The SMILES string of the molecule is CC1(C)C2=CCC3Oc4ccccc4C3=C2c2c1cc(N(c1ccc(-c3ccccc3)cc1)c1cc3c(c4ccccc14)-c1c(ccc4c1oc1ccccc14)C3(C)C)c1ccccc21. The maximum absolute atomic E-state index is 6.83. The largest absolute Gasteiger partial charge is 0.485 e. The van der Waals surface area contributed by atoms with Gasteiger partial charge in [0.2, 0.25) is 0 Å². The number of hydrogen-bond acceptors (Lipinski definition) is 3. The second kappa shape index (κ2) is 13.0. The topological polar surface area (TPSA) is 25.6 Å². The first-order valence-electron chi connectivity index (χ1n) is 23.0. The van der Waals surface area contributed by atoms with E-state index in [4.69, 9.17) is 9.15 Å². The van der Waals surface area contributed by atoms with Gasteiger partial charge in [-0.15, -0.1) is 0 Å². The Hall–Kier alpha value is -7.62. The van der Waals surface area contributed by atoms with Crippen LogP contribution in [-0.4, -0.2) is 6.10 Å². The second-order valence-corrected chi connectivity index (χ2v) is 19.4. The highest BCUT2D eigenvalue weighted by molar-refractivity contribution is 6.20. The number of benzene rings is 9. The lowest BCUT2D eigenvalue weighted by atomic mass is 9.77. The predicted octanol–water partition coefficient (Wildman–Crippen LogP) is 16.6. The summed E-state index contributed by atoms with van der Waals surface area (Å²) >= 11 is 0. The molecule has 3 nitrogen and oxygen atoms in total. The Kier molecular flexibility index (Phi) is 7.36. The van der Waals surface area contributed by atoms with Crippen molar-refractivity contribution in [3.63, 3.8) is 0 Å². The third-order valence-corrected chi connectivity index (χ3v) is 15.3. The van der Waals surface area contributed by atoms with Crippen LogP contribution in [0.25, 0.3) is 76.9 Å². The third kappa shape index (κ3) is 4.90. The molecule has 14 rings (SSSR count). The number of furan rings is 1. The molecule has 1 unspecified atom stereocenters. The Balaban J connectivity index is 1.07. The van der Waals surface area contributed by atoms with E-state index in [1.54, 1.807) is 0 Å². The van der Waals surface area contributed by atoms with E-state index in [0.29, 0.717) is 0 Å². The fourth-order valence-electron chi connectivity index (χ4n) is 12.2. The molecule has 1 aliphatic heterocycles. The molecule has 3 heteroatoms. The summed E-state index contributed by atoms with van der Waals surface area (Å²) < 4.78 is 13.5. The molecule has 0 bridgehead atoms. The van der Waals surface area contributed by atoms with Crippen molar-refractivity contribution in [2.24, 2.45) is 0 Å². The fourth-order valence-corrected chi connectivity index (χ4v) is 12.2. The molecule has 9 aromatic carbocycles. The number of para-hydroxylation sites is 2. The molecule has 0 N–H and O–H groups in total. The molecular formula is C62H45NO2. The number of allylic oxidation sites excluding steroid dienone is 2. The maximum atomic E-state index is 6.83. The van der Waals surface area contributed by atoms with Gasteiger partial charge in [-0.3, -0.25) is 0 Å². The quantitative estimate of drug-likeness (QED) is 0.177. The van der Waals surface area contributed by atoms with E-state index < -0.39 is 0 Å². The minimum atomic E-state index is -0.298. The van der Waals surface area contributed by atoms with Crippen LogP contribution in [0.1, 0.15) is 61.9 Å². The van der Waals surface area contributed by atoms with Crippen molar-refractivity contribution < 1.29 is 9.15 Å². The molecule has 0 fully saturated rings. The number of hydrogen-bond donors (Lipinski definition) is 0. The first kappa shape index (κ1) is 36.8. The van der Waals surface area contributed by atoms with Crippen LogP contribution in [0.2, 0.25) is 0 Å². The highest BCUT2D eigenvalue weighted by atomic mass is 16.5. The van der Waals surface area contributed by atoms with Gasteiger partial charge in [0.05, 0.1) is 11.4 Å². The molecule has 0 radical (unpaired) electrons. The fraction of sp³-hybridized carbons (Fsp3) is 0.129. The summed E-state index contributed by atoms with van der Waals surface area (Å²) in [4.78, 5) is 2.57. The minimum absolute atomic E-state index is 0.0111. The van der Waals surface area contributed by atoms with Crippen LogP contribution >= 0.6 is 0 Å². The summed E-state index contributed by atoms with van der Waals surface area (Å²) in [5.74, 6) is 0.988. The maximum Gasteiger partial charge on any atom is 0.143 e. The van der Waals surface area contributed by atoms with Crippen molar-refractivity contribution in [3.05, 3.63) is 215 Å². The minimum Gasteiger partial charge on any atom is -0.485 e. The molecule has 4 aliphatic rings. The molecule has 0 amide bonds. The molecule has 2 heterocycles. The van der Waals surface area contributed by atoms with Gasteiger partial charge in [-0.1, -0.05) is 173 Å². The average molecular weight is 836 g/mol. The van der Waals surface area contributed by atoms with E-state index in [1.807, 2.05) is 0 Å². The van der Waals surface area contributed by atoms with Crippen molar-refractivity contribution in [1.29, 1.82) is 0 Å². The van der Waals surface area contributed by atoms with Crippen LogP contribution in [0.3, 0.4) is 0 Å². The summed E-state index contributed by atoms with van der Waals surface area (Å²) in [6.45, 7) is 9.63. The Morgan fingerprint density at radius 1 is 0.492 bits per heavy atom. The van der Waals surface area contributed by atoms with Crippen molar-refractivity contribution in [3.8, 4) is 28.0 Å². The van der Waals surface area contributed by atoms with Gasteiger partial charge in [-0.2, -0.15) is 0 Å². The molecule has 10 aromatic rings. The highest BCUT2D eigenvalue weighted by Crippen LogP contribution is 2.62. The van der Waals surface area contributed by atoms with Crippen LogP contribution in [0.15, 0.2) is 192 Å². The molecule has 0 saturated carbocycles. The lowest BCUT2D eigenvalue weighted by Crippen LogP contribution is -2.21. The van der Waals surface area contributed by atoms with Crippen molar-refractivity contribution in [2.75, 3.05) is 4.90 Å². The zero-order chi connectivity index (χ0) is 43.3. The smallest absolute Gasteiger partial charge is 0.143 e. The monoisotopic (exact) mass is 835 g/mol. The molecule has 1 atom stereocenters. The van der Waals surface area contributed by atoms with E-state index in [2.05, 4.69) is 215 Å². The first-order valence-corrected chi connectivity index (χ1v) is 23.0. The van der Waals surface area contributed by atoms with Gasteiger partial charge in [0.1, 0.15) is 23.0 Å². The Morgan fingerprint density at radius 3 is 1.83 bits per heavy atom. The van der Waals surface area contributed by atoms with Crippen LogP contribution < -0.4 is 9.64 Å². The van der Waals surface area contributed by atoms with Gasteiger partial charge in [0.25, 0.3) is 0 Å². The van der Waals surface area contributed by atoms with Crippen molar-refractivity contribution in [1.82, 2.24) is 0 Å². The van der Waals surface area contributed by atoms with Gasteiger partial charge >= 0.3 is 0 Å². The van der Waals surface area contributed by atoms with Gasteiger partial charge in [-0.05, 0) is 97.3 Å². The van der Waals surface area contributed by atoms with Crippen LogP contribution in [0.5, 0.6) is 5.75 Å². The van der Waals surface area contributed by atoms with Crippen molar-refractivity contribution in [2.45, 2.75) is 51.0 Å². The summed E-state index contributed by atoms with van der Waals surface area (Å²) in [6.07, 6.45) is 3.35. The van der Waals surface area contributed by atoms with Gasteiger partial charge in [0.15, 0.2) is 0 Å². The summed E-state index contributed by atoms with van der Waals surface area (Å²) in [5, 5.41) is 7.22. The number of anilines is 3. The second-order valence-electron chi connectivity index (χ2n) is 19.4. The van der Waals surface area contributed by atoms with E-state index in [0.717, 1.165) is 45.5 Å². The molecule has 3 aliphatic carbocycles. The summed E-state index contributed by atoms with van der Waals surface area (Å²) in [7, 11) is 0. The summed E-state index contributed by atoms with van der Waals surface area (Å²) in [5.41, 5.74) is 20.3. The molecule has 0 spiro atoms. The van der Waals surface area contributed by atoms with Gasteiger partial charge in [-0.25, -0.2) is 0 Å². The zero-order valence-electron chi connectivity index (χ0n) is 36.9. The van der Waals surface area contributed by atoms with Crippen LogP contribution in [0.4, 0.5) is 17.1 Å². The standard InChI is InChI=1S/C62H45NO2/c1-61(2)46-32-33-54-57(45-23-13-15-25-53(45)64-54)58(46)55-42-21-10-8-18-39(42)50(34-48(55)61)63(38-28-26-37(27-29-38)36-16-6-5-7-17-36)51-35-49-56(43-22-11-9-19-40(43)51)59-47(62(49,3)4)31-30-44-41-20-12-14-24-52(41)65-60(44)59/h5-32,34-35,54H,33H2,1-4H3. The van der Waals surface area contributed by atoms with E-state index >= 15 is 0 Å². The van der Waals surface area contributed by atoms with E-state index in [9.17, 15) is 0 Å². The lowest BCUT2D eigenvalue weighted by molar-refractivity contribution is 0.278. The van der Waals surface area contributed by atoms with E-state index in [1.165, 1.54) is 94.0 Å². The Morgan fingerprint density at radius 2 is 1.09 bits per heavy atom. The Bertz CT molecular complexity index is 3770.